The first kappa shape index (κ1) is 17.9. The number of rotatable bonds is 5. The Balaban J connectivity index is 1.49. The number of carbonyl (C=O) groups is 1. The summed E-state index contributed by atoms with van der Waals surface area (Å²) in [7, 11) is 0. The molecule has 0 aliphatic carbocycles. The molecular formula is C20H17ClN6O. The Morgan fingerprint density at radius 2 is 2.07 bits per heavy atom. The number of imidazole rings is 1. The number of carbonyl (C=O) groups excluding carboxylic acids is 1. The first-order valence-corrected chi connectivity index (χ1v) is 9.05. The van der Waals surface area contributed by atoms with Gasteiger partial charge in [-0.2, -0.15) is 0 Å². The van der Waals surface area contributed by atoms with Crippen LogP contribution >= 0.6 is 11.6 Å². The van der Waals surface area contributed by atoms with Gasteiger partial charge >= 0.3 is 0 Å². The highest BCUT2D eigenvalue weighted by Crippen LogP contribution is 2.22. The molecule has 4 aromatic rings. The Bertz CT molecular complexity index is 1140. The second-order valence-electron chi connectivity index (χ2n) is 6.31. The molecule has 2 heterocycles. The Labute approximate surface area is 166 Å². The van der Waals surface area contributed by atoms with E-state index in [-0.39, 0.29) is 11.9 Å². The summed E-state index contributed by atoms with van der Waals surface area (Å²) in [6.45, 7) is 2.00. The van der Waals surface area contributed by atoms with Gasteiger partial charge in [-0.05, 0) is 42.8 Å². The predicted octanol–water partition coefficient (Wildman–Crippen LogP) is 4.43. The van der Waals surface area contributed by atoms with Gasteiger partial charge in [0.15, 0.2) is 0 Å². The number of halogens is 1. The summed E-state index contributed by atoms with van der Waals surface area (Å²) in [6.07, 6.45) is 4.70. The summed E-state index contributed by atoms with van der Waals surface area (Å²) in [5.41, 5.74) is 3.90. The summed E-state index contributed by atoms with van der Waals surface area (Å²) in [5, 5.41) is 6.51. The number of nitrogens with one attached hydrogen (secondary N) is 3. The van der Waals surface area contributed by atoms with Gasteiger partial charge in [0.2, 0.25) is 0 Å². The molecule has 7 nitrogen and oxygen atoms in total. The molecule has 3 N–H and O–H groups in total. The van der Waals surface area contributed by atoms with Crippen LogP contribution in [0.2, 0.25) is 5.15 Å². The number of benzene rings is 2. The van der Waals surface area contributed by atoms with Crippen LogP contribution < -0.4 is 10.6 Å². The first-order valence-electron chi connectivity index (χ1n) is 8.67. The van der Waals surface area contributed by atoms with Gasteiger partial charge in [0.1, 0.15) is 11.0 Å². The molecule has 0 saturated carbocycles. The lowest BCUT2D eigenvalue weighted by atomic mass is 10.1. The molecule has 8 heteroatoms. The van der Waals surface area contributed by atoms with E-state index in [0.29, 0.717) is 22.2 Å². The molecule has 0 saturated heterocycles. The molecule has 0 aliphatic heterocycles. The average molecular weight is 393 g/mol. The summed E-state index contributed by atoms with van der Waals surface area (Å²) < 4.78 is 0. The van der Waals surface area contributed by atoms with E-state index in [4.69, 9.17) is 11.6 Å². The number of fused-ring (bicyclic) bond motifs is 1. The third kappa shape index (κ3) is 3.94. The molecule has 0 radical (unpaired) electrons. The molecular weight excluding hydrogens is 376 g/mol. The maximum atomic E-state index is 12.6. The standard InChI is InChI=1S/C20H17ClN6O/c1-12(25-19-10-22-9-18(21)27-19)13-3-2-4-15(7-13)26-20(28)14-5-6-16-17(8-14)24-11-23-16/h2-12H,1H3,(H,23,24)(H,25,27)(H,26,28). The van der Waals surface area contributed by atoms with Crippen LogP contribution in [0.3, 0.4) is 0 Å². The van der Waals surface area contributed by atoms with E-state index in [0.717, 1.165) is 16.6 Å². The number of aromatic nitrogens is 4. The van der Waals surface area contributed by atoms with Crippen LogP contribution in [0.15, 0.2) is 61.2 Å². The van der Waals surface area contributed by atoms with Crippen LogP contribution in [0.1, 0.15) is 28.9 Å². The summed E-state index contributed by atoms with van der Waals surface area (Å²) in [4.78, 5) is 28.0. The number of hydrogen-bond donors (Lipinski definition) is 3. The van der Waals surface area contributed by atoms with E-state index in [2.05, 4.69) is 30.6 Å². The SMILES string of the molecule is CC(Nc1cncc(Cl)n1)c1cccc(NC(=O)c2ccc3nc[nH]c3c2)c1. The second-order valence-corrected chi connectivity index (χ2v) is 6.69. The molecule has 2 aromatic heterocycles. The lowest BCUT2D eigenvalue weighted by Crippen LogP contribution is -2.13. The Morgan fingerprint density at radius 1 is 1.18 bits per heavy atom. The topological polar surface area (TPSA) is 95.6 Å². The lowest BCUT2D eigenvalue weighted by molar-refractivity contribution is 0.102. The fourth-order valence-corrected chi connectivity index (χ4v) is 3.03. The first-order chi connectivity index (χ1) is 13.6. The molecule has 4 rings (SSSR count). The molecule has 1 atom stereocenters. The zero-order valence-corrected chi connectivity index (χ0v) is 15.7. The van der Waals surface area contributed by atoms with E-state index in [9.17, 15) is 4.79 Å². The molecule has 0 bridgehead atoms. The fourth-order valence-electron chi connectivity index (χ4n) is 2.88. The summed E-state index contributed by atoms with van der Waals surface area (Å²) in [5.74, 6) is 0.400. The van der Waals surface area contributed by atoms with Gasteiger partial charge < -0.3 is 15.6 Å². The molecule has 0 aliphatic rings. The predicted molar refractivity (Wildman–Crippen MR) is 110 cm³/mol. The van der Waals surface area contributed by atoms with E-state index < -0.39 is 0 Å². The normalized spacial score (nSPS) is 11.9. The molecule has 0 spiro atoms. The highest BCUT2D eigenvalue weighted by Gasteiger charge is 2.11. The smallest absolute Gasteiger partial charge is 0.255 e. The van der Waals surface area contributed by atoms with Crippen LogP contribution in [0.25, 0.3) is 11.0 Å². The van der Waals surface area contributed by atoms with Crippen molar-refractivity contribution in [3.8, 4) is 0 Å². The lowest BCUT2D eigenvalue weighted by Gasteiger charge is -2.16. The molecule has 28 heavy (non-hydrogen) atoms. The monoisotopic (exact) mass is 392 g/mol. The van der Waals surface area contributed by atoms with Crippen molar-refractivity contribution in [2.75, 3.05) is 10.6 Å². The number of hydrogen-bond acceptors (Lipinski definition) is 5. The minimum atomic E-state index is -0.185. The van der Waals surface area contributed by atoms with Gasteiger partial charge in [-0.15, -0.1) is 0 Å². The van der Waals surface area contributed by atoms with Gasteiger partial charge in [-0.25, -0.2) is 9.97 Å². The zero-order valence-electron chi connectivity index (χ0n) is 15.0. The Kier molecular flexibility index (Phi) is 4.90. The van der Waals surface area contributed by atoms with Crippen LogP contribution in [-0.4, -0.2) is 25.8 Å². The van der Waals surface area contributed by atoms with E-state index >= 15 is 0 Å². The van der Waals surface area contributed by atoms with Crippen molar-refractivity contribution in [2.24, 2.45) is 0 Å². The van der Waals surface area contributed by atoms with Crippen molar-refractivity contribution in [1.29, 1.82) is 0 Å². The highest BCUT2D eigenvalue weighted by atomic mass is 35.5. The van der Waals surface area contributed by atoms with Crippen molar-refractivity contribution < 1.29 is 4.79 Å². The quantitative estimate of drug-likeness (QED) is 0.467. The summed E-state index contributed by atoms with van der Waals surface area (Å²) in [6, 6.07) is 12.9. The van der Waals surface area contributed by atoms with Crippen molar-refractivity contribution in [2.45, 2.75) is 13.0 Å². The number of amides is 1. The Morgan fingerprint density at radius 3 is 2.93 bits per heavy atom. The molecule has 0 fully saturated rings. The van der Waals surface area contributed by atoms with Crippen molar-refractivity contribution in [3.05, 3.63) is 77.5 Å². The molecule has 2 aromatic carbocycles. The fraction of sp³-hybridized carbons (Fsp3) is 0.100. The average Bonchev–Trinajstić information content (AvgIpc) is 3.16. The number of nitrogens with zero attached hydrogens (tertiary/aromatic N) is 3. The van der Waals surface area contributed by atoms with Gasteiger partial charge in [-0.3, -0.25) is 9.78 Å². The maximum Gasteiger partial charge on any atom is 0.255 e. The van der Waals surface area contributed by atoms with Gasteiger partial charge in [-0.1, -0.05) is 23.7 Å². The van der Waals surface area contributed by atoms with Crippen molar-refractivity contribution in [1.82, 2.24) is 19.9 Å². The number of anilines is 2. The molecule has 1 unspecified atom stereocenters. The maximum absolute atomic E-state index is 12.6. The minimum absolute atomic E-state index is 0.0500. The third-order valence-electron chi connectivity index (χ3n) is 4.30. The number of aromatic amines is 1. The van der Waals surface area contributed by atoms with Crippen molar-refractivity contribution >= 4 is 40.0 Å². The van der Waals surface area contributed by atoms with Crippen LogP contribution in [0, 0.1) is 0 Å². The van der Waals surface area contributed by atoms with Crippen LogP contribution in [0.5, 0.6) is 0 Å². The van der Waals surface area contributed by atoms with E-state index in [1.54, 1.807) is 24.7 Å². The highest BCUT2D eigenvalue weighted by molar-refractivity contribution is 6.29. The van der Waals surface area contributed by atoms with Crippen LogP contribution in [0.4, 0.5) is 11.5 Å². The Hall–Kier alpha value is -3.45. The van der Waals surface area contributed by atoms with Gasteiger partial charge in [0.25, 0.3) is 5.91 Å². The summed E-state index contributed by atoms with van der Waals surface area (Å²) >= 11 is 5.88. The van der Waals surface area contributed by atoms with E-state index in [1.807, 2.05) is 37.3 Å². The van der Waals surface area contributed by atoms with E-state index in [1.165, 1.54) is 6.20 Å². The second kappa shape index (κ2) is 7.66. The minimum Gasteiger partial charge on any atom is -0.362 e. The van der Waals surface area contributed by atoms with Gasteiger partial charge in [0.05, 0.1) is 35.8 Å². The van der Waals surface area contributed by atoms with Gasteiger partial charge in [0, 0.05) is 11.3 Å². The molecule has 140 valence electrons. The largest absolute Gasteiger partial charge is 0.362 e. The van der Waals surface area contributed by atoms with Crippen LogP contribution in [-0.2, 0) is 0 Å². The molecule has 1 amide bonds. The van der Waals surface area contributed by atoms with Crippen molar-refractivity contribution in [3.63, 3.8) is 0 Å². The number of H-pyrrole nitrogens is 1. The zero-order chi connectivity index (χ0) is 19.5. The third-order valence-corrected chi connectivity index (χ3v) is 4.48.